The van der Waals surface area contributed by atoms with Crippen LogP contribution >= 0.6 is 0 Å². The molecule has 0 bridgehead atoms. The first-order chi connectivity index (χ1) is 15.5. The van der Waals surface area contributed by atoms with Crippen LogP contribution in [0.4, 0.5) is 0 Å². The standard InChI is InChI=1S/C24H32N6O2/c1-15-8-9-17-14-20(24(32)25-21(17)16(15)2)22(29-12-10-19(31)11-13-29)23-26-27-28-30(23)18-6-4-3-5-7-18/h8-9,14,18-19,22,31H,3-7,10-13H2,1-2H3,(H,25,32)/t22-/m1/s1. The largest absolute Gasteiger partial charge is 0.393 e. The molecule has 8 heteroatoms. The van der Waals surface area contributed by atoms with Crippen LogP contribution < -0.4 is 5.56 Å². The van der Waals surface area contributed by atoms with Gasteiger partial charge in [0.05, 0.1) is 17.7 Å². The normalized spacial score (nSPS) is 20.1. The zero-order valence-electron chi connectivity index (χ0n) is 18.9. The van der Waals surface area contributed by atoms with Crippen molar-refractivity contribution in [3.05, 3.63) is 51.1 Å². The molecule has 3 heterocycles. The van der Waals surface area contributed by atoms with E-state index in [0.717, 1.165) is 40.7 Å². The number of rotatable bonds is 4. The lowest BCUT2D eigenvalue weighted by Crippen LogP contribution is -2.42. The fraction of sp³-hybridized carbons (Fsp3) is 0.583. The minimum Gasteiger partial charge on any atom is -0.393 e. The van der Waals surface area contributed by atoms with Crippen molar-refractivity contribution >= 4 is 10.9 Å². The Morgan fingerprint density at radius 3 is 2.59 bits per heavy atom. The van der Waals surface area contributed by atoms with Crippen molar-refractivity contribution in [3.63, 3.8) is 0 Å². The average Bonchev–Trinajstić information content (AvgIpc) is 3.29. The number of aromatic nitrogens is 5. The second kappa shape index (κ2) is 8.75. The predicted molar refractivity (Wildman–Crippen MR) is 123 cm³/mol. The third-order valence-electron chi connectivity index (χ3n) is 7.42. The van der Waals surface area contributed by atoms with E-state index in [1.54, 1.807) is 0 Å². The molecule has 3 aromatic rings. The number of pyridine rings is 1. The number of piperidine rings is 1. The average molecular weight is 437 g/mol. The summed E-state index contributed by atoms with van der Waals surface area (Å²) in [6.45, 7) is 5.50. The van der Waals surface area contributed by atoms with E-state index in [1.165, 1.54) is 19.3 Å². The van der Waals surface area contributed by atoms with Gasteiger partial charge in [0.2, 0.25) is 0 Å². The smallest absolute Gasteiger partial charge is 0.253 e. The SMILES string of the molecule is Cc1ccc2cc([C@H](c3nnnn3C3CCCCC3)N3CCC(O)CC3)c(=O)[nH]c2c1C. The summed E-state index contributed by atoms with van der Waals surface area (Å²) in [5.41, 5.74) is 3.71. The summed E-state index contributed by atoms with van der Waals surface area (Å²) in [5, 5.41) is 24.0. The molecule has 1 saturated carbocycles. The van der Waals surface area contributed by atoms with E-state index in [2.05, 4.69) is 44.5 Å². The first-order valence-corrected chi connectivity index (χ1v) is 11.9. The highest BCUT2D eigenvalue weighted by Crippen LogP contribution is 2.34. The lowest BCUT2D eigenvalue weighted by Gasteiger charge is -2.36. The summed E-state index contributed by atoms with van der Waals surface area (Å²) in [7, 11) is 0. The Labute approximate surface area is 187 Å². The maximum atomic E-state index is 13.4. The van der Waals surface area contributed by atoms with E-state index in [0.29, 0.717) is 31.5 Å². The van der Waals surface area contributed by atoms with Gasteiger partial charge in [-0.25, -0.2) is 4.68 Å². The summed E-state index contributed by atoms with van der Waals surface area (Å²) in [4.78, 5) is 18.8. The van der Waals surface area contributed by atoms with Gasteiger partial charge in [0, 0.05) is 18.7 Å². The van der Waals surface area contributed by atoms with Crippen LogP contribution in [0, 0.1) is 13.8 Å². The van der Waals surface area contributed by atoms with Crippen LogP contribution in [0.1, 0.15) is 79.5 Å². The van der Waals surface area contributed by atoms with E-state index in [1.807, 2.05) is 17.7 Å². The lowest BCUT2D eigenvalue weighted by atomic mass is 9.94. The minimum absolute atomic E-state index is 0.0967. The van der Waals surface area contributed by atoms with E-state index in [9.17, 15) is 9.90 Å². The van der Waals surface area contributed by atoms with Gasteiger partial charge in [0.1, 0.15) is 6.04 Å². The Balaban J connectivity index is 1.63. The minimum atomic E-state index is -0.339. The Hall–Kier alpha value is -2.58. The van der Waals surface area contributed by atoms with Crippen LogP contribution in [0.2, 0.25) is 0 Å². The number of nitrogens with zero attached hydrogens (tertiary/aromatic N) is 5. The maximum Gasteiger partial charge on any atom is 0.253 e. The molecule has 8 nitrogen and oxygen atoms in total. The van der Waals surface area contributed by atoms with Crippen molar-refractivity contribution in [1.82, 2.24) is 30.1 Å². The number of tetrazole rings is 1. The summed E-state index contributed by atoms with van der Waals surface area (Å²) >= 11 is 0. The second-order valence-corrected chi connectivity index (χ2v) is 9.47. The summed E-state index contributed by atoms with van der Waals surface area (Å²) < 4.78 is 1.97. The summed E-state index contributed by atoms with van der Waals surface area (Å²) in [5.74, 6) is 0.738. The lowest BCUT2D eigenvalue weighted by molar-refractivity contribution is 0.0651. The molecule has 2 aromatic heterocycles. The molecule has 0 spiro atoms. The second-order valence-electron chi connectivity index (χ2n) is 9.47. The Morgan fingerprint density at radius 2 is 1.84 bits per heavy atom. The number of nitrogens with one attached hydrogen (secondary N) is 1. The molecule has 0 radical (unpaired) electrons. The van der Waals surface area contributed by atoms with Crippen molar-refractivity contribution in [2.45, 2.75) is 77.0 Å². The van der Waals surface area contributed by atoms with Gasteiger partial charge >= 0.3 is 0 Å². The summed E-state index contributed by atoms with van der Waals surface area (Å²) in [6.07, 6.45) is 6.83. The molecule has 0 amide bonds. The Morgan fingerprint density at radius 1 is 1.09 bits per heavy atom. The molecule has 2 fully saturated rings. The fourth-order valence-electron chi connectivity index (χ4n) is 5.35. The quantitative estimate of drug-likeness (QED) is 0.652. The molecule has 2 aliphatic rings. The van der Waals surface area contributed by atoms with Crippen LogP contribution in [-0.2, 0) is 0 Å². The molecule has 1 aliphatic carbocycles. The van der Waals surface area contributed by atoms with Gasteiger partial charge in [-0.15, -0.1) is 5.10 Å². The van der Waals surface area contributed by atoms with Gasteiger partial charge in [-0.3, -0.25) is 9.69 Å². The van der Waals surface area contributed by atoms with Crippen molar-refractivity contribution in [2.24, 2.45) is 0 Å². The third kappa shape index (κ3) is 3.86. The summed E-state index contributed by atoms with van der Waals surface area (Å²) in [6, 6.07) is 6.11. The molecule has 1 saturated heterocycles. The van der Waals surface area contributed by atoms with Gasteiger partial charge < -0.3 is 10.1 Å². The number of hydrogen-bond acceptors (Lipinski definition) is 6. The van der Waals surface area contributed by atoms with Crippen LogP contribution in [0.25, 0.3) is 10.9 Å². The zero-order valence-corrected chi connectivity index (χ0v) is 18.9. The molecule has 170 valence electrons. The van der Waals surface area contributed by atoms with Crippen LogP contribution in [0.15, 0.2) is 23.0 Å². The van der Waals surface area contributed by atoms with E-state index < -0.39 is 0 Å². The first-order valence-electron chi connectivity index (χ1n) is 11.9. The van der Waals surface area contributed by atoms with Gasteiger partial charge in [0.15, 0.2) is 5.82 Å². The number of aryl methyl sites for hydroxylation is 2. The fourth-order valence-corrected chi connectivity index (χ4v) is 5.35. The molecule has 1 atom stereocenters. The van der Waals surface area contributed by atoms with Crippen molar-refractivity contribution in [2.75, 3.05) is 13.1 Å². The number of aliphatic hydroxyl groups excluding tert-OH is 1. The highest BCUT2D eigenvalue weighted by molar-refractivity contribution is 5.83. The Bertz CT molecular complexity index is 1150. The number of aromatic amines is 1. The highest BCUT2D eigenvalue weighted by Gasteiger charge is 2.34. The molecule has 1 aromatic carbocycles. The molecular weight excluding hydrogens is 404 g/mol. The van der Waals surface area contributed by atoms with E-state index >= 15 is 0 Å². The molecule has 5 rings (SSSR count). The van der Waals surface area contributed by atoms with Gasteiger partial charge in [0.25, 0.3) is 5.56 Å². The third-order valence-corrected chi connectivity index (χ3v) is 7.42. The van der Waals surface area contributed by atoms with Crippen LogP contribution in [0.5, 0.6) is 0 Å². The van der Waals surface area contributed by atoms with Gasteiger partial charge in [-0.05, 0) is 72.5 Å². The molecule has 32 heavy (non-hydrogen) atoms. The molecule has 2 N–H and O–H groups in total. The molecular formula is C24H32N6O2. The van der Waals surface area contributed by atoms with Crippen LogP contribution in [0.3, 0.4) is 0 Å². The number of H-pyrrole nitrogens is 1. The number of fused-ring (bicyclic) bond motifs is 1. The topological polar surface area (TPSA) is 99.9 Å². The maximum absolute atomic E-state index is 13.4. The monoisotopic (exact) mass is 436 g/mol. The molecule has 1 aliphatic heterocycles. The molecule has 0 unspecified atom stereocenters. The van der Waals surface area contributed by atoms with Crippen molar-refractivity contribution in [1.29, 1.82) is 0 Å². The first kappa shape index (κ1) is 21.3. The van der Waals surface area contributed by atoms with Gasteiger partial charge in [-0.1, -0.05) is 31.4 Å². The number of hydrogen-bond donors (Lipinski definition) is 2. The van der Waals surface area contributed by atoms with Crippen LogP contribution in [-0.4, -0.2) is 54.4 Å². The zero-order chi connectivity index (χ0) is 22.2. The van der Waals surface area contributed by atoms with E-state index in [4.69, 9.17) is 0 Å². The Kier molecular flexibility index (Phi) is 5.82. The van der Waals surface area contributed by atoms with Crippen molar-refractivity contribution < 1.29 is 5.11 Å². The van der Waals surface area contributed by atoms with Crippen molar-refractivity contribution in [3.8, 4) is 0 Å². The number of aliphatic hydroxyl groups is 1. The van der Waals surface area contributed by atoms with Gasteiger partial charge in [-0.2, -0.15) is 0 Å². The predicted octanol–water partition coefficient (Wildman–Crippen LogP) is 3.18. The highest BCUT2D eigenvalue weighted by atomic mass is 16.3. The van der Waals surface area contributed by atoms with E-state index in [-0.39, 0.29) is 23.7 Å². The number of likely N-dealkylation sites (tertiary alicyclic amines) is 1. The number of benzene rings is 1.